The molecule has 0 saturated carbocycles. The van der Waals surface area contributed by atoms with Gasteiger partial charge in [-0.1, -0.05) is 115 Å². The molecule has 0 amide bonds. The largest absolute Gasteiger partial charge is 0.457 e. The Kier molecular flexibility index (Phi) is 6.40. The van der Waals surface area contributed by atoms with Gasteiger partial charge in [-0.05, 0) is 70.8 Å². The third kappa shape index (κ3) is 4.47. The van der Waals surface area contributed by atoms with Gasteiger partial charge in [0.15, 0.2) is 5.82 Å². The fourth-order valence-corrected chi connectivity index (χ4v) is 8.31. The van der Waals surface area contributed by atoms with Crippen molar-refractivity contribution < 1.29 is 9.15 Å². The van der Waals surface area contributed by atoms with Gasteiger partial charge in [-0.3, -0.25) is 4.98 Å². The quantitative estimate of drug-likeness (QED) is 0.186. The summed E-state index contributed by atoms with van der Waals surface area (Å²) >= 11 is 0. The first-order valence-corrected chi connectivity index (χ1v) is 17.7. The normalized spacial score (nSPS) is 15.3. The molecule has 1 aliphatic heterocycles. The Hall–Kier alpha value is -7.11. The van der Waals surface area contributed by atoms with E-state index in [0.717, 1.165) is 89.3 Å². The van der Waals surface area contributed by atoms with Crippen LogP contribution in [0.1, 0.15) is 33.4 Å². The number of benzene rings is 6. The summed E-state index contributed by atoms with van der Waals surface area (Å²) in [5, 5.41) is 2.09. The van der Waals surface area contributed by atoms with Crippen LogP contribution in [0, 0.1) is 0 Å². The highest BCUT2D eigenvalue weighted by atomic mass is 16.5. The first-order chi connectivity index (χ1) is 26.2. The van der Waals surface area contributed by atoms with E-state index in [2.05, 4.69) is 120 Å². The van der Waals surface area contributed by atoms with Crippen LogP contribution in [0.2, 0.25) is 0 Å². The minimum absolute atomic E-state index is 0.624. The Morgan fingerprint density at radius 2 is 1.19 bits per heavy atom. The SMILES string of the molecule is C1=Cc2ccc(-c3cc(-c4ccccc4)nc(-c4cccnc4)n3)cc2C2(c3ccccc31)c1ccccc1Oc1cc3c(cc12)oc1ccccc13. The molecule has 248 valence electrons. The summed E-state index contributed by atoms with van der Waals surface area (Å²) in [6, 6.07) is 52.7. The van der Waals surface area contributed by atoms with Gasteiger partial charge in [0.2, 0.25) is 0 Å². The van der Waals surface area contributed by atoms with Crippen LogP contribution in [0.3, 0.4) is 0 Å². The molecule has 0 saturated heterocycles. The number of aromatic nitrogens is 3. The summed E-state index contributed by atoms with van der Waals surface area (Å²) in [7, 11) is 0. The maximum absolute atomic E-state index is 6.86. The number of hydrogen-bond acceptors (Lipinski definition) is 5. The second-order valence-corrected chi connectivity index (χ2v) is 13.6. The molecule has 5 heteroatoms. The third-order valence-corrected chi connectivity index (χ3v) is 10.7. The van der Waals surface area contributed by atoms with E-state index in [-0.39, 0.29) is 0 Å². The molecule has 53 heavy (non-hydrogen) atoms. The minimum atomic E-state index is -0.760. The van der Waals surface area contributed by atoms with Crippen LogP contribution in [-0.4, -0.2) is 15.0 Å². The van der Waals surface area contributed by atoms with Crippen molar-refractivity contribution in [2.45, 2.75) is 5.41 Å². The number of fused-ring (bicyclic) bond motifs is 11. The molecule has 3 aromatic heterocycles. The van der Waals surface area contributed by atoms with Crippen LogP contribution >= 0.6 is 0 Å². The molecular formula is C48H29N3O2. The lowest BCUT2D eigenvalue weighted by Crippen LogP contribution is -2.35. The highest BCUT2D eigenvalue weighted by Crippen LogP contribution is 2.59. The number of para-hydroxylation sites is 2. The topological polar surface area (TPSA) is 61.0 Å². The van der Waals surface area contributed by atoms with Gasteiger partial charge in [-0.25, -0.2) is 9.97 Å². The van der Waals surface area contributed by atoms with Crippen molar-refractivity contribution in [3.63, 3.8) is 0 Å². The molecule has 9 aromatic rings. The second-order valence-electron chi connectivity index (χ2n) is 13.6. The first-order valence-electron chi connectivity index (χ1n) is 17.7. The zero-order valence-electron chi connectivity index (χ0n) is 28.4. The van der Waals surface area contributed by atoms with Gasteiger partial charge in [0.05, 0.1) is 16.8 Å². The second kappa shape index (κ2) is 11.5. The van der Waals surface area contributed by atoms with Crippen molar-refractivity contribution in [1.82, 2.24) is 15.0 Å². The number of hydrogen-bond donors (Lipinski definition) is 0. The van der Waals surface area contributed by atoms with Gasteiger partial charge in [0.25, 0.3) is 0 Å². The standard InChI is InChI=1S/C48H29N3O2/c1-2-12-32(13-3-1)41-28-42(51-47(50-41)34-14-10-24-49-29-34)33-23-22-31-21-20-30-11-4-6-16-37(30)48(39(31)25-33)38-17-7-9-19-44(38)53-46-26-36-35-15-5-8-18-43(35)52-45(36)27-40(46)48/h1-29H. The molecule has 0 N–H and O–H groups in total. The molecule has 2 aliphatic rings. The summed E-state index contributed by atoms with van der Waals surface area (Å²) in [5.74, 6) is 2.26. The predicted molar refractivity (Wildman–Crippen MR) is 211 cm³/mol. The Bertz CT molecular complexity index is 2870. The molecule has 0 radical (unpaired) electrons. The van der Waals surface area contributed by atoms with Crippen molar-refractivity contribution in [1.29, 1.82) is 0 Å². The summed E-state index contributed by atoms with van der Waals surface area (Å²) < 4.78 is 13.4. The summed E-state index contributed by atoms with van der Waals surface area (Å²) in [6.07, 6.45) is 8.06. The molecule has 1 spiro atoms. The maximum atomic E-state index is 6.86. The first kappa shape index (κ1) is 29.6. The fraction of sp³-hybridized carbons (Fsp3) is 0.0208. The van der Waals surface area contributed by atoms with E-state index >= 15 is 0 Å². The van der Waals surface area contributed by atoms with Gasteiger partial charge < -0.3 is 9.15 Å². The Morgan fingerprint density at radius 1 is 0.453 bits per heavy atom. The molecule has 11 rings (SSSR count). The number of rotatable bonds is 3. The molecule has 1 aliphatic carbocycles. The Morgan fingerprint density at radius 3 is 2.06 bits per heavy atom. The predicted octanol–water partition coefficient (Wildman–Crippen LogP) is 11.7. The van der Waals surface area contributed by atoms with E-state index in [1.807, 2.05) is 54.7 Å². The zero-order chi connectivity index (χ0) is 34.9. The Balaban J connectivity index is 1.23. The average molecular weight is 680 g/mol. The third-order valence-electron chi connectivity index (χ3n) is 10.7. The van der Waals surface area contributed by atoms with Crippen molar-refractivity contribution in [3.8, 4) is 45.4 Å². The van der Waals surface area contributed by atoms with E-state index in [1.54, 1.807) is 6.20 Å². The lowest BCUT2D eigenvalue weighted by Gasteiger charge is -2.42. The van der Waals surface area contributed by atoms with Crippen molar-refractivity contribution in [3.05, 3.63) is 197 Å². The van der Waals surface area contributed by atoms with Crippen LogP contribution in [0.25, 0.3) is 68.0 Å². The van der Waals surface area contributed by atoms with Gasteiger partial charge in [-0.2, -0.15) is 0 Å². The van der Waals surface area contributed by atoms with E-state index in [4.69, 9.17) is 19.1 Å². The smallest absolute Gasteiger partial charge is 0.161 e. The molecule has 1 unspecified atom stereocenters. The molecule has 0 bridgehead atoms. The Labute approximate surface area is 305 Å². The van der Waals surface area contributed by atoms with E-state index in [1.165, 1.54) is 5.56 Å². The van der Waals surface area contributed by atoms with Crippen molar-refractivity contribution in [2.75, 3.05) is 0 Å². The van der Waals surface area contributed by atoms with E-state index in [9.17, 15) is 0 Å². The summed E-state index contributed by atoms with van der Waals surface area (Å²) in [4.78, 5) is 14.6. The zero-order valence-corrected chi connectivity index (χ0v) is 28.4. The number of ether oxygens (including phenoxy) is 1. The van der Waals surface area contributed by atoms with Crippen molar-refractivity contribution >= 4 is 34.1 Å². The summed E-state index contributed by atoms with van der Waals surface area (Å²) in [6.45, 7) is 0. The van der Waals surface area contributed by atoms with Crippen LogP contribution in [-0.2, 0) is 5.41 Å². The highest BCUT2D eigenvalue weighted by Gasteiger charge is 2.48. The lowest BCUT2D eigenvalue weighted by atomic mass is 9.62. The number of nitrogens with zero attached hydrogens (tertiary/aromatic N) is 3. The van der Waals surface area contributed by atoms with Crippen LogP contribution in [0.5, 0.6) is 11.5 Å². The fourth-order valence-electron chi connectivity index (χ4n) is 8.31. The minimum Gasteiger partial charge on any atom is -0.457 e. The lowest BCUT2D eigenvalue weighted by molar-refractivity contribution is 0.435. The van der Waals surface area contributed by atoms with Gasteiger partial charge in [-0.15, -0.1) is 0 Å². The molecule has 1 atom stereocenters. The molecule has 5 nitrogen and oxygen atoms in total. The average Bonchev–Trinajstić information content (AvgIpc) is 3.52. The van der Waals surface area contributed by atoms with Gasteiger partial charge >= 0.3 is 0 Å². The van der Waals surface area contributed by atoms with Gasteiger partial charge in [0, 0.05) is 51.0 Å². The summed E-state index contributed by atoms with van der Waals surface area (Å²) in [5.41, 5.74) is 12.1. The van der Waals surface area contributed by atoms with Crippen LogP contribution < -0.4 is 4.74 Å². The number of furan rings is 1. The molecule has 4 heterocycles. The molecule has 6 aromatic carbocycles. The van der Waals surface area contributed by atoms with Crippen molar-refractivity contribution in [2.24, 2.45) is 0 Å². The maximum Gasteiger partial charge on any atom is 0.161 e. The monoisotopic (exact) mass is 679 g/mol. The number of pyridine rings is 1. The van der Waals surface area contributed by atoms with Crippen LogP contribution in [0.15, 0.2) is 168 Å². The van der Waals surface area contributed by atoms with Gasteiger partial charge in [0.1, 0.15) is 22.7 Å². The van der Waals surface area contributed by atoms with Crippen LogP contribution in [0.4, 0.5) is 0 Å². The van der Waals surface area contributed by atoms with E-state index < -0.39 is 5.41 Å². The molecule has 0 fully saturated rings. The molecular weight excluding hydrogens is 651 g/mol. The highest BCUT2D eigenvalue weighted by molar-refractivity contribution is 6.06. The van der Waals surface area contributed by atoms with E-state index in [0.29, 0.717) is 5.82 Å².